The van der Waals surface area contributed by atoms with Gasteiger partial charge in [-0.3, -0.25) is 14.5 Å². The molecule has 146 valence electrons. The number of likely N-dealkylation sites (tertiary alicyclic amines) is 1. The Morgan fingerprint density at radius 2 is 2.07 bits per heavy atom. The summed E-state index contributed by atoms with van der Waals surface area (Å²) in [5, 5.41) is 4.00. The fourth-order valence-corrected chi connectivity index (χ4v) is 3.88. The number of hydrogen-bond acceptors (Lipinski definition) is 4. The number of H-pyrrole nitrogens is 1. The van der Waals surface area contributed by atoms with Crippen LogP contribution in [0.4, 0.5) is 0 Å². The van der Waals surface area contributed by atoms with Crippen molar-refractivity contribution in [3.63, 3.8) is 0 Å². The molecule has 0 radical (unpaired) electrons. The van der Waals surface area contributed by atoms with Crippen molar-refractivity contribution in [2.24, 2.45) is 0 Å². The van der Waals surface area contributed by atoms with Gasteiger partial charge in [-0.25, -0.2) is 0 Å². The SMILES string of the molecule is Cc1cc2cc(CC(=O)NCC(c3ccco3)N3CCCC3)ccc2[nH]c1=O. The van der Waals surface area contributed by atoms with Crippen molar-refractivity contribution in [1.82, 2.24) is 15.2 Å². The molecule has 2 N–H and O–H groups in total. The highest BCUT2D eigenvalue weighted by molar-refractivity contribution is 5.83. The molecular formula is C22H25N3O3. The molecule has 1 atom stereocenters. The zero-order valence-corrected chi connectivity index (χ0v) is 16.0. The van der Waals surface area contributed by atoms with Gasteiger partial charge in [0.05, 0.1) is 18.7 Å². The predicted octanol–water partition coefficient (Wildman–Crippen LogP) is 2.93. The molecule has 6 nitrogen and oxygen atoms in total. The first-order valence-corrected chi connectivity index (χ1v) is 9.77. The van der Waals surface area contributed by atoms with E-state index in [2.05, 4.69) is 15.2 Å². The number of aromatic amines is 1. The second-order valence-corrected chi connectivity index (χ2v) is 7.46. The third-order valence-corrected chi connectivity index (χ3v) is 5.40. The van der Waals surface area contributed by atoms with Crippen molar-refractivity contribution in [2.45, 2.75) is 32.2 Å². The van der Waals surface area contributed by atoms with E-state index in [1.54, 1.807) is 13.2 Å². The van der Waals surface area contributed by atoms with E-state index in [0.29, 0.717) is 18.5 Å². The molecule has 0 saturated carbocycles. The highest BCUT2D eigenvalue weighted by Crippen LogP contribution is 2.25. The van der Waals surface area contributed by atoms with E-state index in [-0.39, 0.29) is 17.5 Å². The number of nitrogens with one attached hydrogen (secondary N) is 2. The second-order valence-electron chi connectivity index (χ2n) is 7.46. The van der Waals surface area contributed by atoms with Gasteiger partial charge < -0.3 is 14.7 Å². The third kappa shape index (κ3) is 4.02. The normalized spacial score (nSPS) is 15.8. The Morgan fingerprint density at radius 3 is 2.82 bits per heavy atom. The number of amides is 1. The highest BCUT2D eigenvalue weighted by atomic mass is 16.3. The molecule has 2 aromatic heterocycles. The van der Waals surface area contributed by atoms with E-state index < -0.39 is 0 Å². The minimum Gasteiger partial charge on any atom is -0.468 e. The van der Waals surface area contributed by atoms with Crippen LogP contribution >= 0.6 is 0 Å². The van der Waals surface area contributed by atoms with Gasteiger partial charge in [0.1, 0.15) is 5.76 Å². The van der Waals surface area contributed by atoms with Crippen molar-refractivity contribution < 1.29 is 9.21 Å². The maximum Gasteiger partial charge on any atom is 0.251 e. The average Bonchev–Trinajstić information content (AvgIpc) is 3.38. The lowest BCUT2D eigenvalue weighted by Gasteiger charge is -2.26. The molecule has 1 aliphatic rings. The Labute approximate surface area is 163 Å². The summed E-state index contributed by atoms with van der Waals surface area (Å²) in [7, 11) is 0. The Hall–Kier alpha value is -2.86. The molecule has 3 aromatic rings. The lowest BCUT2D eigenvalue weighted by molar-refractivity contribution is -0.120. The minimum atomic E-state index is -0.0797. The van der Waals surface area contributed by atoms with E-state index >= 15 is 0 Å². The van der Waals surface area contributed by atoms with Crippen LogP contribution in [-0.4, -0.2) is 35.4 Å². The number of aromatic nitrogens is 1. The largest absolute Gasteiger partial charge is 0.468 e. The van der Waals surface area contributed by atoms with Crippen molar-refractivity contribution in [3.8, 4) is 0 Å². The Morgan fingerprint density at radius 1 is 1.25 bits per heavy atom. The standard InChI is InChI=1S/C22H25N3O3/c1-15-11-17-12-16(6-7-18(17)24-22(15)27)13-21(26)23-14-19(20-5-4-10-28-20)25-8-2-3-9-25/h4-7,10-12,19H,2-3,8-9,13-14H2,1H3,(H,23,26)(H,24,27). The number of rotatable bonds is 6. The molecule has 0 bridgehead atoms. The van der Waals surface area contributed by atoms with Crippen LogP contribution in [-0.2, 0) is 11.2 Å². The number of hydrogen-bond donors (Lipinski definition) is 2. The highest BCUT2D eigenvalue weighted by Gasteiger charge is 2.25. The maximum absolute atomic E-state index is 12.5. The Balaban J connectivity index is 1.42. The van der Waals surface area contributed by atoms with Crippen LogP contribution in [0.15, 0.2) is 51.9 Å². The molecule has 1 aromatic carbocycles. The third-order valence-electron chi connectivity index (χ3n) is 5.40. The van der Waals surface area contributed by atoms with Crippen molar-refractivity contribution >= 4 is 16.8 Å². The van der Waals surface area contributed by atoms with E-state index in [1.165, 1.54) is 12.8 Å². The van der Waals surface area contributed by atoms with Crippen LogP contribution in [0.2, 0.25) is 0 Å². The summed E-state index contributed by atoms with van der Waals surface area (Å²) < 4.78 is 5.61. The Kier molecular flexibility index (Phi) is 5.30. The van der Waals surface area contributed by atoms with Gasteiger partial charge in [0.15, 0.2) is 0 Å². The quantitative estimate of drug-likeness (QED) is 0.690. The maximum atomic E-state index is 12.5. The molecule has 3 heterocycles. The fourth-order valence-electron chi connectivity index (χ4n) is 3.88. The lowest BCUT2D eigenvalue weighted by atomic mass is 10.1. The smallest absolute Gasteiger partial charge is 0.251 e. The number of furan rings is 1. The number of pyridine rings is 1. The van der Waals surface area contributed by atoms with Crippen LogP contribution in [0, 0.1) is 6.92 Å². The first kappa shape index (κ1) is 18.5. The molecule has 1 saturated heterocycles. The number of fused-ring (bicyclic) bond motifs is 1. The molecule has 28 heavy (non-hydrogen) atoms. The van der Waals surface area contributed by atoms with Crippen LogP contribution < -0.4 is 10.9 Å². The lowest BCUT2D eigenvalue weighted by Crippen LogP contribution is -2.37. The monoisotopic (exact) mass is 379 g/mol. The molecular weight excluding hydrogens is 354 g/mol. The summed E-state index contributed by atoms with van der Waals surface area (Å²) in [4.78, 5) is 29.5. The van der Waals surface area contributed by atoms with Gasteiger partial charge in [0, 0.05) is 17.6 Å². The van der Waals surface area contributed by atoms with E-state index in [1.807, 2.05) is 36.4 Å². The molecule has 1 aliphatic heterocycles. The number of benzene rings is 1. The average molecular weight is 379 g/mol. The number of carbonyl (C=O) groups excluding carboxylic acids is 1. The first-order chi connectivity index (χ1) is 13.6. The number of carbonyl (C=O) groups is 1. The van der Waals surface area contributed by atoms with E-state index in [9.17, 15) is 9.59 Å². The van der Waals surface area contributed by atoms with Crippen LogP contribution in [0.1, 0.15) is 35.8 Å². The molecule has 6 heteroatoms. The van der Waals surface area contributed by atoms with E-state index in [4.69, 9.17) is 4.42 Å². The molecule has 4 rings (SSSR count). The number of aryl methyl sites for hydroxylation is 1. The molecule has 0 spiro atoms. The summed E-state index contributed by atoms with van der Waals surface area (Å²) in [5.41, 5.74) is 2.30. The number of nitrogens with zero attached hydrogens (tertiary/aromatic N) is 1. The summed E-state index contributed by atoms with van der Waals surface area (Å²) in [5.74, 6) is 0.878. The summed E-state index contributed by atoms with van der Waals surface area (Å²) in [6.07, 6.45) is 4.36. The summed E-state index contributed by atoms with van der Waals surface area (Å²) >= 11 is 0. The van der Waals surface area contributed by atoms with Gasteiger partial charge in [-0.15, -0.1) is 0 Å². The van der Waals surface area contributed by atoms with E-state index in [0.717, 1.165) is 35.3 Å². The van der Waals surface area contributed by atoms with Crippen LogP contribution in [0.25, 0.3) is 10.9 Å². The molecule has 1 fully saturated rings. The molecule has 0 aliphatic carbocycles. The Bertz CT molecular complexity index is 1020. The molecule has 1 unspecified atom stereocenters. The fraction of sp³-hybridized carbons (Fsp3) is 0.364. The zero-order chi connectivity index (χ0) is 19.5. The minimum absolute atomic E-state index is 0.0174. The molecule has 1 amide bonds. The zero-order valence-electron chi connectivity index (χ0n) is 16.0. The van der Waals surface area contributed by atoms with Gasteiger partial charge >= 0.3 is 0 Å². The van der Waals surface area contributed by atoms with Crippen LogP contribution in [0.5, 0.6) is 0 Å². The van der Waals surface area contributed by atoms with Crippen LogP contribution in [0.3, 0.4) is 0 Å². The van der Waals surface area contributed by atoms with Gasteiger partial charge in [0.25, 0.3) is 5.56 Å². The van der Waals surface area contributed by atoms with Gasteiger partial charge in [0.2, 0.25) is 5.91 Å². The van der Waals surface area contributed by atoms with Crippen molar-refractivity contribution in [3.05, 3.63) is 69.9 Å². The van der Waals surface area contributed by atoms with Gasteiger partial charge in [-0.05, 0) is 74.1 Å². The topological polar surface area (TPSA) is 78.3 Å². The second kappa shape index (κ2) is 8.02. The summed E-state index contributed by atoms with van der Waals surface area (Å²) in [6.45, 7) is 4.38. The van der Waals surface area contributed by atoms with Crippen molar-refractivity contribution in [2.75, 3.05) is 19.6 Å². The van der Waals surface area contributed by atoms with Gasteiger partial charge in [-0.1, -0.05) is 6.07 Å². The first-order valence-electron chi connectivity index (χ1n) is 9.77. The van der Waals surface area contributed by atoms with Gasteiger partial charge in [-0.2, -0.15) is 0 Å². The van der Waals surface area contributed by atoms with Crippen molar-refractivity contribution in [1.29, 1.82) is 0 Å². The predicted molar refractivity (Wildman–Crippen MR) is 108 cm³/mol. The summed E-state index contributed by atoms with van der Waals surface area (Å²) in [6, 6.07) is 11.5.